The lowest BCUT2D eigenvalue weighted by Gasteiger charge is -2.22. The first kappa shape index (κ1) is 23.6. The minimum absolute atomic E-state index is 0.422. The summed E-state index contributed by atoms with van der Waals surface area (Å²) in [5, 5.41) is 0. The number of benzene rings is 2. The van der Waals surface area contributed by atoms with E-state index in [4.69, 9.17) is 14.2 Å². The van der Waals surface area contributed by atoms with Gasteiger partial charge in [0.25, 0.3) is 0 Å². The van der Waals surface area contributed by atoms with Crippen molar-refractivity contribution in [3.63, 3.8) is 0 Å². The average molecular weight is 399 g/mol. The molecule has 2 aromatic rings. The highest BCUT2D eigenvalue weighted by Crippen LogP contribution is 2.25. The van der Waals surface area contributed by atoms with Crippen LogP contribution in [0.2, 0.25) is 0 Å². The molecule has 0 fully saturated rings. The molecule has 0 spiro atoms. The first-order chi connectivity index (χ1) is 14.1. The first-order valence-electron chi connectivity index (χ1n) is 10.9. The standard InChI is InChI=1S/C26H38O3/c1-21(2)25(23-11-7-5-8-12-23)19-28-17-15-27-16-18-29-20-26(22(3)4)24-13-9-6-10-14-24/h5-14,21-22,25-26H,15-20H2,1-4H3/t25-,26-/m0/s1. The third-order valence-corrected chi connectivity index (χ3v) is 5.40. The molecular weight excluding hydrogens is 360 g/mol. The maximum atomic E-state index is 5.88. The summed E-state index contributed by atoms with van der Waals surface area (Å²) >= 11 is 0. The zero-order chi connectivity index (χ0) is 20.9. The molecule has 2 aromatic carbocycles. The average Bonchev–Trinajstić information content (AvgIpc) is 2.73. The van der Waals surface area contributed by atoms with E-state index in [1.165, 1.54) is 11.1 Å². The Morgan fingerprint density at radius 2 is 0.862 bits per heavy atom. The molecule has 0 aliphatic carbocycles. The van der Waals surface area contributed by atoms with Gasteiger partial charge in [0.15, 0.2) is 0 Å². The molecule has 0 aliphatic heterocycles. The second-order valence-corrected chi connectivity index (χ2v) is 8.28. The maximum absolute atomic E-state index is 5.88. The Balaban J connectivity index is 1.56. The van der Waals surface area contributed by atoms with E-state index in [9.17, 15) is 0 Å². The third-order valence-electron chi connectivity index (χ3n) is 5.40. The third kappa shape index (κ3) is 8.69. The lowest BCUT2D eigenvalue weighted by Crippen LogP contribution is -2.18. The van der Waals surface area contributed by atoms with Crippen LogP contribution in [-0.4, -0.2) is 39.6 Å². The molecule has 0 aromatic heterocycles. The molecule has 3 heteroatoms. The van der Waals surface area contributed by atoms with Gasteiger partial charge in [0.2, 0.25) is 0 Å². The molecule has 0 heterocycles. The van der Waals surface area contributed by atoms with E-state index in [2.05, 4.69) is 88.4 Å². The largest absolute Gasteiger partial charge is 0.378 e. The monoisotopic (exact) mass is 398 g/mol. The first-order valence-corrected chi connectivity index (χ1v) is 10.9. The van der Waals surface area contributed by atoms with Gasteiger partial charge < -0.3 is 14.2 Å². The van der Waals surface area contributed by atoms with Crippen molar-refractivity contribution in [3.8, 4) is 0 Å². The molecule has 0 saturated carbocycles. The minimum atomic E-state index is 0.422. The summed E-state index contributed by atoms with van der Waals surface area (Å²) in [6.07, 6.45) is 0. The smallest absolute Gasteiger partial charge is 0.0701 e. The van der Waals surface area contributed by atoms with Crippen molar-refractivity contribution in [3.05, 3.63) is 71.8 Å². The Hall–Kier alpha value is -1.68. The van der Waals surface area contributed by atoms with Crippen LogP contribution < -0.4 is 0 Å². The van der Waals surface area contributed by atoms with Gasteiger partial charge in [-0.05, 0) is 23.0 Å². The van der Waals surface area contributed by atoms with Crippen molar-refractivity contribution in [1.29, 1.82) is 0 Å². The zero-order valence-electron chi connectivity index (χ0n) is 18.6. The van der Waals surface area contributed by atoms with Gasteiger partial charge in [-0.2, -0.15) is 0 Å². The fourth-order valence-electron chi connectivity index (χ4n) is 3.51. The lowest BCUT2D eigenvalue weighted by atomic mass is 9.89. The van der Waals surface area contributed by atoms with Crippen LogP contribution in [0, 0.1) is 11.8 Å². The van der Waals surface area contributed by atoms with Crippen LogP contribution in [-0.2, 0) is 14.2 Å². The van der Waals surface area contributed by atoms with Crippen LogP contribution >= 0.6 is 0 Å². The predicted molar refractivity (Wildman–Crippen MR) is 120 cm³/mol. The minimum Gasteiger partial charge on any atom is -0.378 e. The summed E-state index contributed by atoms with van der Waals surface area (Å²) in [7, 11) is 0. The summed E-state index contributed by atoms with van der Waals surface area (Å²) in [6.45, 7) is 12.9. The van der Waals surface area contributed by atoms with Crippen LogP contribution in [0.15, 0.2) is 60.7 Å². The zero-order valence-corrected chi connectivity index (χ0v) is 18.6. The molecule has 0 unspecified atom stereocenters. The summed E-state index contributed by atoms with van der Waals surface area (Å²) in [4.78, 5) is 0. The van der Waals surface area contributed by atoms with Crippen LogP contribution in [0.25, 0.3) is 0 Å². The predicted octanol–water partition coefficient (Wildman–Crippen LogP) is 5.92. The summed E-state index contributed by atoms with van der Waals surface area (Å²) in [6, 6.07) is 21.2. The van der Waals surface area contributed by atoms with Crippen molar-refractivity contribution in [2.24, 2.45) is 11.8 Å². The van der Waals surface area contributed by atoms with Crippen LogP contribution in [0.5, 0.6) is 0 Å². The lowest BCUT2D eigenvalue weighted by molar-refractivity contribution is 0.00556. The Bertz CT molecular complexity index is 582. The molecule has 2 rings (SSSR count). The van der Waals surface area contributed by atoms with E-state index < -0.39 is 0 Å². The van der Waals surface area contributed by atoms with Crippen LogP contribution in [0.3, 0.4) is 0 Å². The molecule has 160 valence electrons. The summed E-state index contributed by atoms with van der Waals surface area (Å²) in [5.41, 5.74) is 2.69. The van der Waals surface area contributed by atoms with Gasteiger partial charge in [0, 0.05) is 11.8 Å². The quantitative estimate of drug-likeness (QED) is 0.370. The molecule has 2 atom stereocenters. The Morgan fingerprint density at radius 3 is 1.21 bits per heavy atom. The Kier molecular flexibility index (Phi) is 11.0. The van der Waals surface area contributed by atoms with Gasteiger partial charge in [-0.25, -0.2) is 0 Å². The highest BCUT2D eigenvalue weighted by atomic mass is 16.5. The van der Waals surface area contributed by atoms with Gasteiger partial charge in [-0.1, -0.05) is 88.4 Å². The second kappa shape index (κ2) is 13.5. The van der Waals surface area contributed by atoms with Crippen molar-refractivity contribution in [1.82, 2.24) is 0 Å². The molecule has 0 amide bonds. The number of hydrogen-bond donors (Lipinski definition) is 0. The molecule has 0 saturated heterocycles. The molecule has 3 nitrogen and oxygen atoms in total. The van der Waals surface area contributed by atoms with E-state index in [0.29, 0.717) is 50.1 Å². The number of rotatable bonds is 14. The van der Waals surface area contributed by atoms with E-state index in [1.54, 1.807) is 0 Å². The number of ether oxygens (including phenoxy) is 3. The van der Waals surface area contributed by atoms with Crippen LogP contribution in [0.4, 0.5) is 0 Å². The summed E-state index contributed by atoms with van der Waals surface area (Å²) in [5.74, 6) is 1.94. The van der Waals surface area contributed by atoms with E-state index >= 15 is 0 Å². The van der Waals surface area contributed by atoms with E-state index in [0.717, 1.165) is 13.2 Å². The Labute approximate surface area is 177 Å². The Morgan fingerprint density at radius 1 is 0.517 bits per heavy atom. The van der Waals surface area contributed by atoms with Gasteiger partial charge in [0.05, 0.1) is 39.6 Å². The normalized spacial score (nSPS) is 13.7. The van der Waals surface area contributed by atoms with Crippen LogP contribution in [0.1, 0.15) is 50.7 Å². The van der Waals surface area contributed by atoms with E-state index in [-0.39, 0.29) is 0 Å². The molecule has 0 N–H and O–H groups in total. The van der Waals surface area contributed by atoms with Gasteiger partial charge in [-0.3, -0.25) is 0 Å². The van der Waals surface area contributed by atoms with Gasteiger partial charge in [0.1, 0.15) is 0 Å². The fraction of sp³-hybridized carbons (Fsp3) is 0.538. The van der Waals surface area contributed by atoms with Crippen molar-refractivity contribution in [2.75, 3.05) is 39.6 Å². The topological polar surface area (TPSA) is 27.7 Å². The molecular formula is C26H38O3. The van der Waals surface area contributed by atoms with Crippen molar-refractivity contribution >= 4 is 0 Å². The van der Waals surface area contributed by atoms with Gasteiger partial charge >= 0.3 is 0 Å². The molecule has 29 heavy (non-hydrogen) atoms. The number of hydrogen-bond acceptors (Lipinski definition) is 3. The van der Waals surface area contributed by atoms with Crippen molar-refractivity contribution < 1.29 is 14.2 Å². The molecule has 0 aliphatic rings. The van der Waals surface area contributed by atoms with E-state index in [1.807, 2.05) is 0 Å². The van der Waals surface area contributed by atoms with Gasteiger partial charge in [-0.15, -0.1) is 0 Å². The van der Waals surface area contributed by atoms with Crippen molar-refractivity contribution in [2.45, 2.75) is 39.5 Å². The second-order valence-electron chi connectivity index (χ2n) is 8.28. The SMILES string of the molecule is CC(C)[C@H](COCCOCCOC[C@H](c1ccccc1)C(C)C)c1ccccc1. The molecule has 0 bridgehead atoms. The fourth-order valence-corrected chi connectivity index (χ4v) is 3.51. The highest BCUT2D eigenvalue weighted by Gasteiger charge is 2.16. The summed E-state index contributed by atoms with van der Waals surface area (Å²) < 4.78 is 17.4. The maximum Gasteiger partial charge on any atom is 0.0701 e. The molecule has 0 radical (unpaired) electrons. The highest BCUT2D eigenvalue weighted by molar-refractivity contribution is 5.20.